The summed E-state index contributed by atoms with van der Waals surface area (Å²) in [6.45, 7) is 7.00. The predicted octanol–water partition coefficient (Wildman–Crippen LogP) is 4.73. The molecule has 31 heavy (non-hydrogen) atoms. The predicted molar refractivity (Wildman–Crippen MR) is 123 cm³/mol. The number of hydrogen-bond acceptors (Lipinski definition) is 5. The van der Waals surface area contributed by atoms with Gasteiger partial charge in [0.05, 0.1) is 23.1 Å². The SMILES string of the molecule is CCN[C@@H](C)CCC(=O)c1cc(C)nc(-c2cnn3ccc(-c4ccccc4)nc23)c1. The summed E-state index contributed by atoms with van der Waals surface area (Å²) in [6, 6.07) is 16.0. The fourth-order valence-electron chi connectivity index (χ4n) is 3.73. The van der Waals surface area contributed by atoms with Gasteiger partial charge in [0, 0.05) is 35.5 Å². The van der Waals surface area contributed by atoms with Gasteiger partial charge in [-0.3, -0.25) is 9.78 Å². The van der Waals surface area contributed by atoms with Crippen molar-refractivity contribution < 1.29 is 4.79 Å². The number of fused-ring (bicyclic) bond motifs is 1. The van der Waals surface area contributed by atoms with Crippen LogP contribution in [-0.4, -0.2) is 38.0 Å². The molecule has 0 fully saturated rings. The minimum absolute atomic E-state index is 0.130. The van der Waals surface area contributed by atoms with Gasteiger partial charge < -0.3 is 5.32 Å². The fourth-order valence-corrected chi connectivity index (χ4v) is 3.73. The van der Waals surface area contributed by atoms with Crippen molar-refractivity contribution in [3.05, 3.63) is 72.2 Å². The molecule has 158 valence electrons. The van der Waals surface area contributed by atoms with Crippen molar-refractivity contribution in [1.29, 1.82) is 0 Å². The monoisotopic (exact) mass is 413 g/mol. The highest BCUT2D eigenvalue weighted by molar-refractivity contribution is 5.97. The summed E-state index contributed by atoms with van der Waals surface area (Å²) in [5.74, 6) is 0.130. The molecular weight excluding hydrogens is 386 g/mol. The first-order valence-electron chi connectivity index (χ1n) is 10.7. The van der Waals surface area contributed by atoms with Crippen molar-refractivity contribution in [2.45, 2.75) is 39.7 Å². The number of benzene rings is 1. The molecule has 1 N–H and O–H groups in total. The van der Waals surface area contributed by atoms with Crippen molar-refractivity contribution >= 4 is 11.4 Å². The average Bonchev–Trinajstić information content (AvgIpc) is 3.21. The van der Waals surface area contributed by atoms with Gasteiger partial charge >= 0.3 is 0 Å². The maximum absolute atomic E-state index is 12.8. The number of aromatic nitrogens is 4. The molecule has 0 bridgehead atoms. The number of aryl methyl sites for hydroxylation is 1. The smallest absolute Gasteiger partial charge is 0.164 e. The van der Waals surface area contributed by atoms with Crippen molar-refractivity contribution in [3.8, 4) is 22.5 Å². The maximum atomic E-state index is 12.8. The third-order valence-corrected chi connectivity index (χ3v) is 5.35. The van der Waals surface area contributed by atoms with Crippen LogP contribution in [0.4, 0.5) is 0 Å². The van der Waals surface area contributed by atoms with Crippen LogP contribution in [0.5, 0.6) is 0 Å². The van der Waals surface area contributed by atoms with E-state index in [0.717, 1.165) is 46.8 Å². The van der Waals surface area contributed by atoms with Crippen LogP contribution < -0.4 is 5.32 Å². The molecule has 0 saturated carbocycles. The topological polar surface area (TPSA) is 72.2 Å². The lowest BCUT2D eigenvalue weighted by Gasteiger charge is -2.11. The molecular formula is C25H27N5O. The molecule has 0 unspecified atom stereocenters. The molecule has 0 aliphatic carbocycles. The minimum atomic E-state index is 0.130. The Morgan fingerprint density at radius 1 is 1.10 bits per heavy atom. The van der Waals surface area contributed by atoms with E-state index in [1.54, 1.807) is 10.7 Å². The molecule has 6 nitrogen and oxygen atoms in total. The summed E-state index contributed by atoms with van der Waals surface area (Å²) in [5.41, 5.74) is 5.66. The molecule has 1 atom stereocenters. The molecule has 6 heteroatoms. The van der Waals surface area contributed by atoms with E-state index >= 15 is 0 Å². The lowest BCUT2D eigenvalue weighted by atomic mass is 10.0. The van der Waals surface area contributed by atoms with E-state index in [9.17, 15) is 4.79 Å². The Kier molecular flexibility index (Phi) is 6.18. The van der Waals surface area contributed by atoms with Gasteiger partial charge in [0.1, 0.15) is 0 Å². The molecule has 0 spiro atoms. The van der Waals surface area contributed by atoms with Gasteiger partial charge in [-0.05, 0) is 45.0 Å². The van der Waals surface area contributed by atoms with Gasteiger partial charge in [-0.15, -0.1) is 0 Å². The normalized spacial score (nSPS) is 12.2. The van der Waals surface area contributed by atoms with Crippen LogP contribution in [0.1, 0.15) is 42.7 Å². The summed E-state index contributed by atoms with van der Waals surface area (Å²) in [4.78, 5) is 22.3. The number of pyridine rings is 1. The molecule has 0 aliphatic rings. The van der Waals surface area contributed by atoms with Crippen LogP contribution in [0.2, 0.25) is 0 Å². The summed E-state index contributed by atoms with van der Waals surface area (Å²) in [5, 5.41) is 7.79. The summed E-state index contributed by atoms with van der Waals surface area (Å²) < 4.78 is 1.74. The van der Waals surface area contributed by atoms with E-state index in [-0.39, 0.29) is 5.78 Å². The molecule has 0 aliphatic heterocycles. The van der Waals surface area contributed by atoms with E-state index < -0.39 is 0 Å². The Labute approximate surface area is 182 Å². The van der Waals surface area contributed by atoms with Crippen LogP contribution in [0, 0.1) is 6.92 Å². The number of Topliss-reactive ketones (excluding diaryl/α,β-unsaturated/α-hetero) is 1. The zero-order valence-corrected chi connectivity index (χ0v) is 18.2. The Bertz CT molecular complexity index is 1200. The largest absolute Gasteiger partial charge is 0.315 e. The van der Waals surface area contributed by atoms with E-state index in [2.05, 4.69) is 29.2 Å². The third-order valence-electron chi connectivity index (χ3n) is 5.35. The second-order valence-corrected chi connectivity index (χ2v) is 7.81. The van der Waals surface area contributed by atoms with Crippen LogP contribution in [0.25, 0.3) is 28.2 Å². The molecule has 1 aromatic carbocycles. The molecule has 4 aromatic rings. The first-order chi connectivity index (χ1) is 15.0. The van der Waals surface area contributed by atoms with Crippen molar-refractivity contribution in [1.82, 2.24) is 24.9 Å². The summed E-state index contributed by atoms with van der Waals surface area (Å²) in [6.07, 6.45) is 4.98. The fraction of sp³-hybridized carbons (Fsp3) is 0.280. The zero-order valence-electron chi connectivity index (χ0n) is 18.2. The zero-order chi connectivity index (χ0) is 21.8. The second kappa shape index (κ2) is 9.18. The highest BCUT2D eigenvalue weighted by Crippen LogP contribution is 2.26. The number of carbonyl (C=O) groups excluding carboxylic acids is 1. The number of ketones is 1. The summed E-state index contributed by atoms with van der Waals surface area (Å²) >= 11 is 0. The number of rotatable bonds is 8. The van der Waals surface area contributed by atoms with E-state index in [4.69, 9.17) is 4.98 Å². The number of carbonyl (C=O) groups is 1. The lowest BCUT2D eigenvalue weighted by Crippen LogP contribution is -2.26. The second-order valence-electron chi connectivity index (χ2n) is 7.81. The summed E-state index contributed by atoms with van der Waals surface area (Å²) in [7, 11) is 0. The van der Waals surface area contributed by atoms with Crippen molar-refractivity contribution in [2.75, 3.05) is 6.54 Å². The van der Waals surface area contributed by atoms with Gasteiger partial charge in [0.25, 0.3) is 0 Å². The first kappa shape index (κ1) is 20.9. The third kappa shape index (κ3) is 4.70. The highest BCUT2D eigenvalue weighted by atomic mass is 16.1. The van der Waals surface area contributed by atoms with Gasteiger partial charge in [-0.1, -0.05) is 37.3 Å². The molecule has 0 amide bonds. The quantitative estimate of drug-likeness (QED) is 0.423. The van der Waals surface area contributed by atoms with E-state index in [1.807, 2.05) is 61.7 Å². The lowest BCUT2D eigenvalue weighted by molar-refractivity contribution is 0.0976. The van der Waals surface area contributed by atoms with Gasteiger partial charge in [0.15, 0.2) is 11.4 Å². The Morgan fingerprint density at radius 3 is 2.68 bits per heavy atom. The minimum Gasteiger partial charge on any atom is -0.315 e. The highest BCUT2D eigenvalue weighted by Gasteiger charge is 2.15. The Hall–Kier alpha value is -3.38. The van der Waals surface area contributed by atoms with Gasteiger partial charge in [0.2, 0.25) is 0 Å². The molecule has 3 aromatic heterocycles. The standard InChI is InChI=1S/C25H27N5O/c1-4-26-17(2)10-11-24(31)20-14-18(3)28-23(15-20)21-16-27-30-13-12-22(29-25(21)30)19-8-6-5-7-9-19/h5-9,12-17,26H,4,10-11H2,1-3H3/t17-/m0/s1. The Morgan fingerprint density at radius 2 is 1.90 bits per heavy atom. The molecule has 0 radical (unpaired) electrons. The van der Waals surface area contributed by atoms with Crippen LogP contribution >= 0.6 is 0 Å². The first-order valence-corrected chi connectivity index (χ1v) is 10.7. The maximum Gasteiger partial charge on any atom is 0.164 e. The van der Waals surface area contributed by atoms with Crippen molar-refractivity contribution in [2.24, 2.45) is 0 Å². The number of hydrogen-bond donors (Lipinski definition) is 1. The number of nitrogens with zero attached hydrogens (tertiary/aromatic N) is 4. The average molecular weight is 414 g/mol. The Balaban J connectivity index is 1.67. The van der Waals surface area contributed by atoms with E-state index in [1.165, 1.54) is 0 Å². The van der Waals surface area contributed by atoms with E-state index in [0.29, 0.717) is 18.0 Å². The van der Waals surface area contributed by atoms with Crippen molar-refractivity contribution in [3.63, 3.8) is 0 Å². The van der Waals surface area contributed by atoms with Crippen LogP contribution in [-0.2, 0) is 0 Å². The molecule has 3 heterocycles. The van der Waals surface area contributed by atoms with Crippen LogP contribution in [0.3, 0.4) is 0 Å². The van der Waals surface area contributed by atoms with Gasteiger partial charge in [-0.25, -0.2) is 9.50 Å². The molecule has 0 saturated heterocycles. The van der Waals surface area contributed by atoms with Gasteiger partial charge in [-0.2, -0.15) is 5.10 Å². The number of nitrogens with one attached hydrogen (secondary N) is 1. The molecule has 4 rings (SSSR count). The van der Waals surface area contributed by atoms with Crippen LogP contribution in [0.15, 0.2) is 60.9 Å².